The van der Waals surface area contributed by atoms with Gasteiger partial charge in [-0.1, -0.05) is 48.6 Å². The minimum atomic E-state index is 0.159. The molecule has 1 aromatic heterocycles. The lowest BCUT2D eigenvalue weighted by Crippen LogP contribution is -2.47. The van der Waals surface area contributed by atoms with Gasteiger partial charge in [-0.15, -0.1) is 0 Å². The van der Waals surface area contributed by atoms with Gasteiger partial charge in [0, 0.05) is 36.3 Å². The molecule has 4 nitrogen and oxygen atoms in total. The highest BCUT2D eigenvalue weighted by Gasteiger charge is 2.29. The molecule has 2 heterocycles. The summed E-state index contributed by atoms with van der Waals surface area (Å²) in [6, 6.07) is 14.3. The van der Waals surface area contributed by atoms with Crippen LogP contribution in [0.25, 0.3) is 0 Å². The van der Waals surface area contributed by atoms with Crippen LogP contribution in [-0.4, -0.2) is 34.9 Å². The molecule has 150 valence electrons. The molecular weight excluding hydrogens is 358 g/mol. The molecule has 1 aliphatic heterocycles. The van der Waals surface area contributed by atoms with Gasteiger partial charge in [0.1, 0.15) is 5.82 Å². The Hall–Kier alpha value is -2.88. The van der Waals surface area contributed by atoms with E-state index in [0.717, 1.165) is 61.4 Å². The first kappa shape index (κ1) is 19.4. The Morgan fingerprint density at radius 1 is 1.14 bits per heavy atom. The van der Waals surface area contributed by atoms with Crippen LogP contribution in [0.15, 0.2) is 66.8 Å². The van der Waals surface area contributed by atoms with Crippen LogP contribution in [0.1, 0.15) is 53.2 Å². The first-order valence-corrected chi connectivity index (χ1v) is 10.6. The Morgan fingerprint density at radius 3 is 2.86 bits per heavy atom. The molecule has 1 aliphatic carbocycles. The fraction of sp³-hybridized carbons (Fsp3) is 0.360. The van der Waals surface area contributed by atoms with Crippen LogP contribution in [0.2, 0.25) is 0 Å². The fourth-order valence-corrected chi connectivity index (χ4v) is 4.33. The van der Waals surface area contributed by atoms with E-state index in [0.29, 0.717) is 0 Å². The number of nitrogens with one attached hydrogen (secondary N) is 1. The molecule has 0 saturated carbocycles. The standard InChI is InChI=1S/C25H29N3O/c1-19-10-9-16-24(27-19)26-18-21-13-7-8-17-28(21)25(29)23-15-6-5-14-22(23)20-11-3-2-4-12-20/h2-6,9-11,14-16,20-21H,7-8,12-13,17-18H2,1H3,(H,26,27). The molecule has 1 aromatic carbocycles. The normalized spacial score (nSPS) is 21.2. The molecule has 0 radical (unpaired) electrons. The van der Waals surface area contributed by atoms with Crippen molar-refractivity contribution in [2.45, 2.75) is 44.6 Å². The van der Waals surface area contributed by atoms with Crippen molar-refractivity contribution in [3.8, 4) is 0 Å². The summed E-state index contributed by atoms with van der Waals surface area (Å²) in [5, 5.41) is 3.44. The molecule has 29 heavy (non-hydrogen) atoms. The number of carbonyl (C=O) groups is 1. The Labute approximate surface area is 173 Å². The smallest absolute Gasteiger partial charge is 0.254 e. The number of hydrogen-bond acceptors (Lipinski definition) is 3. The van der Waals surface area contributed by atoms with Crippen LogP contribution in [-0.2, 0) is 0 Å². The maximum absolute atomic E-state index is 13.6. The third-order valence-corrected chi connectivity index (χ3v) is 5.87. The zero-order valence-corrected chi connectivity index (χ0v) is 17.1. The molecule has 2 unspecified atom stereocenters. The number of carbonyl (C=O) groups excluding carboxylic acids is 1. The van der Waals surface area contributed by atoms with E-state index in [1.165, 1.54) is 0 Å². The number of aryl methyl sites for hydroxylation is 1. The summed E-state index contributed by atoms with van der Waals surface area (Å²) in [6.07, 6.45) is 12.7. The third-order valence-electron chi connectivity index (χ3n) is 5.87. The summed E-state index contributed by atoms with van der Waals surface area (Å²) in [5.41, 5.74) is 2.98. The minimum absolute atomic E-state index is 0.159. The molecule has 2 atom stereocenters. The summed E-state index contributed by atoms with van der Waals surface area (Å²) in [7, 11) is 0. The molecule has 1 fully saturated rings. The van der Waals surface area contributed by atoms with Crippen LogP contribution in [0.4, 0.5) is 5.82 Å². The molecule has 1 amide bonds. The predicted molar refractivity (Wildman–Crippen MR) is 118 cm³/mol. The van der Waals surface area contributed by atoms with Crippen molar-refractivity contribution in [1.29, 1.82) is 0 Å². The monoisotopic (exact) mass is 387 g/mol. The number of likely N-dealkylation sites (tertiary alicyclic amines) is 1. The molecule has 0 spiro atoms. The highest BCUT2D eigenvalue weighted by atomic mass is 16.2. The van der Waals surface area contributed by atoms with Crippen LogP contribution < -0.4 is 5.32 Å². The number of amides is 1. The second-order valence-electron chi connectivity index (χ2n) is 7.94. The number of allylic oxidation sites excluding steroid dienone is 4. The Balaban J connectivity index is 1.52. The van der Waals surface area contributed by atoms with Crippen LogP contribution in [0, 0.1) is 6.92 Å². The van der Waals surface area contributed by atoms with E-state index in [1.807, 2.05) is 43.3 Å². The Bertz CT molecular complexity index is 918. The van der Waals surface area contributed by atoms with Gasteiger partial charge in [-0.25, -0.2) is 4.98 Å². The summed E-state index contributed by atoms with van der Waals surface area (Å²) in [6.45, 7) is 3.55. The number of benzene rings is 1. The van der Waals surface area contributed by atoms with Gasteiger partial charge < -0.3 is 10.2 Å². The molecule has 0 bridgehead atoms. The van der Waals surface area contributed by atoms with Gasteiger partial charge in [-0.2, -0.15) is 0 Å². The number of pyridine rings is 1. The van der Waals surface area contributed by atoms with Gasteiger partial charge in [0.05, 0.1) is 0 Å². The number of anilines is 1. The van der Waals surface area contributed by atoms with Gasteiger partial charge in [-0.3, -0.25) is 4.79 Å². The van der Waals surface area contributed by atoms with Crippen LogP contribution >= 0.6 is 0 Å². The highest BCUT2D eigenvalue weighted by Crippen LogP contribution is 2.29. The lowest BCUT2D eigenvalue weighted by Gasteiger charge is -2.36. The molecule has 2 aromatic rings. The van der Waals surface area contributed by atoms with Crippen LogP contribution in [0.3, 0.4) is 0 Å². The van der Waals surface area contributed by atoms with Gasteiger partial charge in [-0.05, 0) is 56.4 Å². The minimum Gasteiger partial charge on any atom is -0.368 e. The van der Waals surface area contributed by atoms with E-state index in [2.05, 4.69) is 45.6 Å². The molecule has 1 N–H and O–H groups in total. The van der Waals surface area contributed by atoms with E-state index in [1.54, 1.807) is 0 Å². The van der Waals surface area contributed by atoms with Crippen molar-refractivity contribution >= 4 is 11.7 Å². The summed E-state index contributed by atoms with van der Waals surface area (Å²) < 4.78 is 0. The first-order valence-electron chi connectivity index (χ1n) is 10.6. The van der Waals surface area contributed by atoms with Gasteiger partial charge in [0.25, 0.3) is 5.91 Å². The van der Waals surface area contributed by atoms with Crippen molar-refractivity contribution in [3.05, 3.63) is 83.6 Å². The topological polar surface area (TPSA) is 45.2 Å². The average molecular weight is 388 g/mol. The first-order chi connectivity index (χ1) is 14.2. The van der Waals surface area contributed by atoms with Crippen molar-refractivity contribution in [2.24, 2.45) is 0 Å². The van der Waals surface area contributed by atoms with E-state index in [4.69, 9.17) is 0 Å². The maximum atomic E-state index is 13.6. The van der Waals surface area contributed by atoms with Crippen molar-refractivity contribution in [1.82, 2.24) is 9.88 Å². The fourth-order valence-electron chi connectivity index (χ4n) is 4.33. The van der Waals surface area contributed by atoms with E-state index in [-0.39, 0.29) is 17.9 Å². The summed E-state index contributed by atoms with van der Waals surface area (Å²) >= 11 is 0. The number of aromatic nitrogens is 1. The number of rotatable bonds is 5. The van der Waals surface area contributed by atoms with Crippen LogP contribution in [0.5, 0.6) is 0 Å². The Morgan fingerprint density at radius 2 is 2.03 bits per heavy atom. The number of piperidine rings is 1. The molecule has 4 rings (SSSR count). The molecule has 2 aliphatic rings. The van der Waals surface area contributed by atoms with Gasteiger partial charge in [0.2, 0.25) is 0 Å². The lowest BCUT2D eigenvalue weighted by molar-refractivity contribution is 0.0627. The van der Waals surface area contributed by atoms with Crippen molar-refractivity contribution < 1.29 is 4.79 Å². The van der Waals surface area contributed by atoms with Crippen molar-refractivity contribution in [2.75, 3.05) is 18.4 Å². The average Bonchev–Trinajstić information content (AvgIpc) is 2.78. The molecule has 4 heteroatoms. The second kappa shape index (κ2) is 9.08. The Kier molecular flexibility index (Phi) is 6.09. The van der Waals surface area contributed by atoms with Gasteiger partial charge in [0.15, 0.2) is 0 Å². The van der Waals surface area contributed by atoms with E-state index < -0.39 is 0 Å². The van der Waals surface area contributed by atoms with E-state index >= 15 is 0 Å². The zero-order valence-electron chi connectivity index (χ0n) is 17.1. The number of nitrogens with zero attached hydrogens (tertiary/aromatic N) is 2. The van der Waals surface area contributed by atoms with Gasteiger partial charge >= 0.3 is 0 Å². The summed E-state index contributed by atoms with van der Waals surface area (Å²) in [4.78, 5) is 20.2. The number of hydrogen-bond donors (Lipinski definition) is 1. The highest BCUT2D eigenvalue weighted by molar-refractivity contribution is 5.96. The second-order valence-corrected chi connectivity index (χ2v) is 7.94. The molecular formula is C25H29N3O. The quantitative estimate of drug-likeness (QED) is 0.777. The largest absolute Gasteiger partial charge is 0.368 e. The zero-order chi connectivity index (χ0) is 20.1. The lowest BCUT2D eigenvalue weighted by atomic mass is 9.88. The van der Waals surface area contributed by atoms with E-state index in [9.17, 15) is 4.79 Å². The SMILES string of the molecule is Cc1cccc(NCC2CCCCN2C(=O)c2ccccc2C2C=CC=CC2)n1. The summed E-state index contributed by atoms with van der Waals surface area (Å²) in [5.74, 6) is 1.31. The van der Waals surface area contributed by atoms with Crippen molar-refractivity contribution in [3.63, 3.8) is 0 Å². The predicted octanol–water partition coefficient (Wildman–Crippen LogP) is 5.10. The molecule has 1 saturated heterocycles. The third kappa shape index (κ3) is 4.58. The maximum Gasteiger partial charge on any atom is 0.254 e.